The minimum absolute atomic E-state index is 0.388. The number of carbonyl (C=O) groups is 1. The molecule has 0 aromatic heterocycles. The number of amides is 1. The smallest absolute Gasteiger partial charge is 0.271 e. The zero-order valence-electron chi connectivity index (χ0n) is 15.5. The minimum Gasteiger partial charge on any atom is -0.493 e. The van der Waals surface area contributed by atoms with Crippen molar-refractivity contribution in [1.82, 2.24) is 5.43 Å². The Kier molecular flexibility index (Phi) is 7.95. The van der Waals surface area contributed by atoms with E-state index in [2.05, 4.69) is 24.4 Å². The van der Waals surface area contributed by atoms with Gasteiger partial charge in [-0.05, 0) is 42.7 Å². The Labute approximate surface area is 169 Å². The molecule has 0 saturated carbocycles. The SMILES string of the molecule is COc1cc(C(=O)N/N=C/c2c(Cl)cccc2Cl)ccc1OCCC(C)C. The van der Waals surface area contributed by atoms with E-state index in [1.54, 1.807) is 36.4 Å². The summed E-state index contributed by atoms with van der Waals surface area (Å²) in [5, 5.41) is 4.82. The van der Waals surface area contributed by atoms with Gasteiger partial charge in [0.2, 0.25) is 0 Å². The molecule has 0 fully saturated rings. The van der Waals surface area contributed by atoms with Gasteiger partial charge in [0.15, 0.2) is 11.5 Å². The molecule has 0 aliphatic heterocycles. The van der Waals surface area contributed by atoms with Gasteiger partial charge < -0.3 is 9.47 Å². The lowest BCUT2D eigenvalue weighted by atomic mass is 10.1. The summed E-state index contributed by atoms with van der Waals surface area (Å²) in [5.41, 5.74) is 3.38. The fourth-order valence-electron chi connectivity index (χ4n) is 2.19. The van der Waals surface area contributed by atoms with Gasteiger partial charge in [0, 0.05) is 11.1 Å². The van der Waals surface area contributed by atoms with Gasteiger partial charge in [-0.25, -0.2) is 5.43 Å². The van der Waals surface area contributed by atoms with E-state index in [9.17, 15) is 4.79 Å². The monoisotopic (exact) mass is 408 g/mol. The van der Waals surface area contributed by atoms with E-state index in [1.807, 2.05) is 0 Å². The molecule has 0 saturated heterocycles. The molecule has 27 heavy (non-hydrogen) atoms. The minimum atomic E-state index is -0.388. The number of carbonyl (C=O) groups excluding carboxylic acids is 1. The summed E-state index contributed by atoms with van der Waals surface area (Å²) in [6, 6.07) is 10.1. The summed E-state index contributed by atoms with van der Waals surface area (Å²) in [4.78, 5) is 12.3. The first-order valence-electron chi connectivity index (χ1n) is 8.50. The number of hydrogen-bond acceptors (Lipinski definition) is 4. The van der Waals surface area contributed by atoms with Crippen LogP contribution in [0, 0.1) is 5.92 Å². The van der Waals surface area contributed by atoms with Crippen molar-refractivity contribution in [3.8, 4) is 11.5 Å². The Balaban J connectivity index is 2.04. The van der Waals surface area contributed by atoms with Crippen molar-refractivity contribution in [3.05, 3.63) is 57.6 Å². The van der Waals surface area contributed by atoms with E-state index in [1.165, 1.54) is 13.3 Å². The number of rotatable bonds is 8. The number of ether oxygens (including phenoxy) is 2. The highest BCUT2D eigenvalue weighted by Crippen LogP contribution is 2.28. The predicted molar refractivity (Wildman–Crippen MR) is 109 cm³/mol. The van der Waals surface area contributed by atoms with Crippen molar-refractivity contribution in [2.24, 2.45) is 11.0 Å². The third-order valence-electron chi connectivity index (χ3n) is 3.74. The quantitative estimate of drug-likeness (QED) is 0.482. The van der Waals surface area contributed by atoms with Crippen molar-refractivity contribution in [2.45, 2.75) is 20.3 Å². The molecule has 0 heterocycles. The molecule has 2 rings (SSSR count). The summed E-state index contributed by atoms with van der Waals surface area (Å²) in [6.45, 7) is 4.84. The number of halogens is 2. The highest BCUT2D eigenvalue weighted by atomic mass is 35.5. The fourth-order valence-corrected chi connectivity index (χ4v) is 2.68. The molecule has 0 unspecified atom stereocenters. The van der Waals surface area contributed by atoms with Crippen LogP contribution in [-0.2, 0) is 0 Å². The van der Waals surface area contributed by atoms with E-state index in [-0.39, 0.29) is 5.91 Å². The molecule has 2 aromatic rings. The topological polar surface area (TPSA) is 59.9 Å². The zero-order valence-corrected chi connectivity index (χ0v) is 17.0. The molecule has 144 valence electrons. The van der Waals surface area contributed by atoms with E-state index >= 15 is 0 Å². The maximum Gasteiger partial charge on any atom is 0.271 e. The van der Waals surface area contributed by atoms with Crippen LogP contribution in [0.4, 0.5) is 0 Å². The maximum atomic E-state index is 12.3. The molecule has 0 bridgehead atoms. The van der Waals surface area contributed by atoms with Crippen LogP contribution in [0.25, 0.3) is 0 Å². The Hall–Kier alpha value is -2.24. The van der Waals surface area contributed by atoms with Crippen LogP contribution >= 0.6 is 23.2 Å². The van der Waals surface area contributed by atoms with Crippen molar-refractivity contribution >= 4 is 35.3 Å². The molecule has 0 radical (unpaired) electrons. The number of methoxy groups -OCH3 is 1. The molecule has 0 aliphatic carbocycles. The van der Waals surface area contributed by atoms with Crippen molar-refractivity contribution in [1.29, 1.82) is 0 Å². The standard InChI is InChI=1S/C20H22Cl2N2O3/c1-13(2)9-10-27-18-8-7-14(11-19(18)26-3)20(25)24-23-12-15-16(21)5-4-6-17(15)22/h4-8,11-13H,9-10H2,1-3H3,(H,24,25)/b23-12+. The van der Waals surface area contributed by atoms with Gasteiger partial charge in [0.1, 0.15) is 0 Å². The molecule has 1 amide bonds. The Morgan fingerprint density at radius 1 is 1.19 bits per heavy atom. The van der Waals surface area contributed by atoms with E-state index in [0.29, 0.717) is 45.2 Å². The first kappa shape index (κ1) is 21.1. The fraction of sp³-hybridized carbons (Fsp3) is 0.300. The van der Waals surface area contributed by atoms with Gasteiger partial charge in [-0.3, -0.25) is 4.79 Å². The molecule has 2 aromatic carbocycles. The number of benzene rings is 2. The van der Waals surface area contributed by atoms with Gasteiger partial charge in [-0.15, -0.1) is 0 Å². The van der Waals surface area contributed by atoms with Crippen LogP contribution in [-0.4, -0.2) is 25.8 Å². The summed E-state index contributed by atoms with van der Waals surface area (Å²) in [7, 11) is 1.53. The summed E-state index contributed by atoms with van der Waals surface area (Å²) < 4.78 is 11.0. The molecular weight excluding hydrogens is 387 g/mol. The lowest BCUT2D eigenvalue weighted by molar-refractivity contribution is 0.0954. The molecule has 0 atom stereocenters. The number of hydrogen-bond donors (Lipinski definition) is 1. The maximum absolute atomic E-state index is 12.3. The summed E-state index contributed by atoms with van der Waals surface area (Å²) >= 11 is 12.1. The Morgan fingerprint density at radius 3 is 2.52 bits per heavy atom. The first-order valence-corrected chi connectivity index (χ1v) is 9.26. The van der Waals surface area contributed by atoms with Crippen molar-refractivity contribution in [2.75, 3.05) is 13.7 Å². The third kappa shape index (κ3) is 6.15. The summed E-state index contributed by atoms with van der Waals surface area (Å²) in [5.74, 6) is 1.25. The van der Waals surface area contributed by atoms with E-state index in [0.717, 1.165) is 6.42 Å². The van der Waals surface area contributed by atoms with Crippen LogP contribution in [0.2, 0.25) is 10.0 Å². The second-order valence-electron chi connectivity index (χ2n) is 6.23. The molecule has 0 spiro atoms. The largest absolute Gasteiger partial charge is 0.493 e. The first-order chi connectivity index (χ1) is 12.9. The lowest BCUT2D eigenvalue weighted by Gasteiger charge is -2.12. The highest BCUT2D eigenvalue weighted by molar-refractivity contribution is 6.38. The van der Waals surface area contributed by atoms with Crippen LogP contribution < -0.4 is 14.9 Å². The van der Waals surface area contributed by atoms with Gasteiger partial charge in [0.25, 0.3) is 5.91 Å². The van der Waals surface area contributed by atoms with E-state index < -0.39 is 0 Å². The van der Waals surface area contributed by atoms with Gasteiger partial charge in [-0.2, -0.15) is 5.10 Å². The average Bonchev–Trinajstić information content (AvgIpc) is 2.63. The zero-order chi connectivity index (χ0) is 19.8. The molecule has 0 aliphatic rings. The molecular formula is C20H22Cl2N2O3. The Morgan fingerprint density at radius 2 is 1.89 bits per heavy atom. The lowest BCUT2D eigenvalue weighted by Crippen LogP contribution is -2.17. The molecule has 1 N–H and O–H groups in total. The van der Waals surface area contributed by atoms with Gasteiger partial charge in [-0.1, -0.05) is 43.1 Å². The average molecular weight is 409 g/mol. The second-order valence-corrected chi connectivity index (χ2v) is 7.05. The third-order valence-corrected chi connectivity index (χ3v) is 4.40. The Bertz CT molecular complexity index is 803. The summed E-state index contributed by atoms with van der Waals surface area (Å²) in [6.07, 6.45) is 2.34. The number of nitrogens with one attached hydrogen (secondary N) is 1. The second kappa shape index (κ2) is 10.2. The predicted octanol–water partition coefficient (Wildman–Crippen LogP) is 5.19. The molecule has 5 nitrogen and oxygen atoms in total. The number of hydrazone groups is 1. The molecule has 7 heteroatoms. The van der Waals surface area contributed by atoms with Crippen molar-refractivity contribution < 1.29 is 14.3 Å². The van der Waals surface area contributed by atoms with Crippen LogP contribution in [0.15, 0.2) is 41.5 Å². The number of nitrogens with zero attached hydrogens (tertiary/aromatic N) is 1. The van der Waals surface area contributed by atoms with E-state index in [4.69, 9.17) is 32.7 Å². The van der Waals surface area contributed by atoms with Gasteiger partial charge >= 0.3 is 0 Å². The van der Waals surface area contributed by atoms with Crippen LogP contribution in [0.5, 0.6) is 11.5 Å². The van der Waals surface area contributed by atoms with Crippen molar-refractivity contribution in [3.63, 3.8) is 0 Å². The highest BCUT2D eigenvalue weighted by Gasteiger charge is 2.11. The van der Waals surface area contributed by atoms with Crippen LogP contribution in [0.3, 0.4) is 0 Å². The normalized spacial score (nSPS) is 11.0. The van der Waals surface area contributed by atoms with Crippen LogP contribution in [0.1, 0.15) is 36.2 Å². The van der Waals surface area contributed by atoms with Gasteiger partial charge in [0.05, 0.1) is 30.0 Å².